The van der Waals surface area contributed by atoms with Gasteiger partial charge in [0, 0.05) is 5.02 Å². The van der Waals surface area contributed by atoms with Crippen LogP contribution in [0.15, 0.2) is 42.5 Å². The zero-order valence-corrected chi connectivity index (χ0v) is 18.7. The fourth-order valence-electron chi connectivity index (χ4n) is 2.76. The van der Waals surface area contributed by atoms with Gasteiger partial charge in [0.2, 0.25) is 15.9 Å². The molecule has 158 valence electrons. The summed E-state index contributed by atoms with van der Waals surface area (Å²) in [5.41, 5.74) is 2.27. The zero-order chi connectivity index (χ0) is 21.6. The first-order chi connectivity index (χ1) is 13.6. The molecule has 0 aliphatic carbocycles. The molecule has 1 amide bonds. The molecule has 0 aliphatic rings. The SMILES string of the molecule is Cc1ccc(N(CC(=O)NCCOc2ccccc2C(C)C)S(C)(=O)=O)cc1Cl. The number of hydrogen-bond acceptors (Lipinski definition) is 4. The van der Waals surface area contributed by atoms with Gasteiger partial charge < -0.3 is 10.1 Å². The molecular weight excluding hydrogens is 412 g/mol. The highest BCUT2D eigenvalue weighted by Crippen LogP contribution is 2.26. The molecule has 0 spiro atoms. The van der Waals surface area contributed by atoms with Gasteiger partial charge in [-0.05, 0) is 42.2 Å². The van der Waals surface area contributed by atoms with Crippen LogP contribution in [0.3, 0.4) is 0 Å². The first-order valence-corrected chi connectivity index (χ1v) is 11.5. The van der Waals surface area contributed by atoms with Gasteiger partial charge in [-0.2, -0.15) is 0 Å². The molecule has 0 atom stereocenters. The Balaban J connectivity index is 1.95. The minimum atomic E-state index is -3.65. The van der Waals surface area contributed by atoms with Crippen molar-refractivity contribution < 1.29 is 17.9 Å². The number of carbonyl (C=O) groups excluding carboxylic acids is 1. The number of rotatable bonds is 9. The number of hydrogen-bond donors (Lipinski definition) is 1. The van der Waals surface area contributed by atoms with Gasteiger partial charge in [-0.25, -0.2) is 8.42 Å². The fraction of sp³-hybridized carbons (Fsp3) is 0.381. The van der Waals surface area contributed by atoms with Crippen LogP contribution in [0.25, 0.3) is 0 Å². The molecule has 29 heavy (non-hydrogen) atoms. The van der Waals surface area contributed by atoms with E-state index < -0.39 is 15.9 Å². The summed E-state index contributed by atoms with van der Waals surface area (Å²) < 4.78 is 31.1. The van der Waals surface area contributed by atoms with Crippen LogP contribution < -0.4 is 14.4 Å². The predicted molar refractivity (Wildman–Crippen MR) is 117 cm³/mol. The smallest absolute Gasteiger partial charge is 0.240 e. The Hall–Kier alpha value is -2.25. The first-order valence-electron chi connectivity index (χ1n) is 9.32. The normalized spacial score (nSPS) is 11.4. The van der Waals surface area contributed by atoms with Crippen molar-refractivity contribution in [3.05, 3.63) is 58.6 Å². The Morgan fingerprint density at radius 1 is 1.21 bits per heavy atom. The highest BCUT2D eigenvalue weighted by molar-refractivity contribution is 7.92. The monoisotopic (exact) mass is 438 g/mol. The second kappa shape index (κ2) is 9.98. The average Bonchev–Trinajstić information content (AvgIpc) is 2.65. The lowest BCUT2D eigenvalue weighted by Gasteiger charge is -2.22. The second-order valence-corrected chi connectivity index (χ2v) is 9.41. The lowest BCUT2D eigenvalue weighted by atomic mass is 10.0. The molecule has 2 aromatic rings. The number of nitrogens with one attached hydrogen (secondary N) is 1. The number of carbonyl (C=O) groups is 1. The van der Waals surface area contributed by atoms with E-state index in [1.54, 1.807) is 12.1 Å². The van der Waals surface area contributed by atoms with Crippen LogP contribution >= 0.6 is 11.6 Å². The fourth-order valence-corrected chi connectivity index (χ4v) is 3.79. The summed E-state index contributed by atoms with van der Waals surface area (Å²) in [7, 11) is -3.65. The molecule has 8 heteroatoms. The highest BCUT2D eigenvalue weighted by Gasteiger charge is 2.21. The lowest BCUT2D eigenvalue weighted by molar-refractivity contribution is -0.119. The molecule has 0 aliphatic heterocycles. The topological polar surface area (TPSA) is 75.7 Å². The van der Waals surface area contributed by atoms with Gasteiger partial charge in [0.25, 0.3) is 0 Å². The summed E-state index contributed by atoms with van der Waals surface area (Å²) in [6, 6.07) is 12.6. The Kier molecular flexibility index (Phi) is 7.93. The molecule has 0 aromatic heterocycles. The molecular formula is C21H27ClN2O4S. The number of aryl methyl sites for hydroxylation is 1. The summed E-state index contributed by atoms with van der Waals surface area (Å²) in [5.74, 6) is 0.683. The van der Waals surface area contributed by atoms with Crippen molar-refractivity contribution >= 4 is 33.2 Å². The molecule has 0 radical (unpaired) electrons. The largest absolute Gasteiger partial charge is 0.491 e. The standard InChI is InChI=1S/C21H27ClN2O4S/c1-15(2)18-7-5-6-8-20(18)28-12-11-23-21(25)14-24(29(4,26)27)17-10-9-16(3)19(22)13-17/h5-10,13,15H,11-12,14H2,1-4H3,(H,23,25). The molecule has 6 nitrogen and oxygen atoms in total. The number of amides is 1. The second-order valence-electron chi connectivity index (χ2n) is 7.09. The minimum absolute atomic E-state index is 0.261. The van der Waals surface area contributed by atoms with Crippen molar-refractivity contribution in [3.63, 3.8) is 0 Å². The van der Waals surface area contributed by atoms with Crippen LogP contribution in [-0.4, -0.2) is 40.3 Å². The van der Waals surface area contributed by atoms with Crippen molar-refractivity contribution in [1.29, 1.82) is 0 Å². The number of sulfonamides is 1. The Bertz CT molecular complexity index is 961. The molecule has 0 saturated heterocycles. The maximum atomic E-state index is 12.3. The first kappa shape index (κ1) is 23.0. The van der Waals surface area contributed by atoms with Crippen molar-refractivity contribution in [2.24, 2.45) is 0 Å². The van der Waals surface area contributed by atoms with E-state index in [0.29, 0.717) is 16.6 Å². The van der Waals surface area contributed by atoms with Crippen molar-refractivity contribution in [1.82, 2.24) is 5.32 Å². The van der Waals surface area contributed by atoms with Crippen LogP contribution in [0.2, 0.25) is 5.02 Å². The maximum Gasteiger partial charge on any atom is 0.240 e. The molecule has 0 heterocycles. The van der Waals surface area contributed by atoms with Crippen LogP contribution in [0, 0.1) is 6.92 Å². The highest BCUT2D eigenvalue weighted by atomic mass is 35.5. The minimum Gasteiger partial charge on any atom is -0.491 e. The third kappa shape index (κ3) is 6.65. The number of halogens is 1. The zero-order valence-electron chi connectivity index (χ0n) is 17.1. The van der Waals surface area contributed by atoms with Gasteiger partial charge in [-0.15, -0.1) is 0 Å². The van der Waals surface area contributed by atoms with E-state index in [9.17, 15) is 13.2 Å². The molecule has 1 N–H and O–H groups in total. The van der Waals surface area contributed by atoms with E-state index in [4.69, 9.17) is 16.3 Å². The maximum absolute atomic E-state index is 12.3. The van der Waals surface area contributed by atoms with Crippen molar-refractivity contribution in [2.45, 2.75) is 26.7 Å². The Labute approximate surface area is 177 Å². The van der Waals surface area contributed by atoms with Crippen molar-refractivity contribution in [3.8, 4) is 5.75 Å². The van der Waals surface area contributed by atoms with Gasteiger partial charge in [-0.3, -0.25) is 9.10 Å². The number of nitrogens with zero attached hydrogens (tertiary/aromatic N) is 1. The molecule has 0 fully saturated rings. The van der Waals surface area contributed by atoms with E-state index in [0.717, 1.165) is 27.4 Å². The van der Waals surface area contributed by atoms with Crippen LogP contribution in [-0.2, 0) is 14.8 Å². The van der Waals surface area contributed by atoms with E-state index in [1.165, 1.54) is 6.07 Å². The third-order valence-corrected chi connectivity index (χ3v) is 5.90. The molecule has 0 unspecified atom stereocenters. The third-order valence-electron chi connectivity index (χ3n) is 4.35. The van der Waals surface area contributed by atoms with Crippen LogP contribution in [0.1, 0.15) is 30.9 Å². The van der Waals surface area contributed by atoms with Gasteiger partial charge >= 0.3 is 0 Å². The molecule has 0 saturated carbocycles. The number of benzene rings is 2. The molecule has 2 rings (SSSR count). The molecule has 2 aromatic carbocycles. The number of ether oxygens (including phenoxy) is 1. The Morgan fingerprint density at radius 2 is 1.90 bits per heavy atom. The summed E-state index contributed by atoms with van der Waals surface area (Å²) in [5, 5.41) is 3.14. The number of anilines is 1. The Morgan fingerprint density at radius 3 is 2.52 bits per heavy atom. The van der Waals surface area contributed by atoms with E-state index in [-0.39, 0.29) is 19.7 Å². The quantitative estimate of drug-likeness (QED) is 0.605. The van der Waals surface area contributed by atoms with E-state index in [2.05, 4.69) is 19.2 Å². The lowest BCUT2D eigenvalue weighted by Crippen LogP contribution is -2.41. The van der Waals surface area contributed by atoms with Crippen LogP contribution in [0.4, 0.5) is 5.69 Å². The average molecular weight is 439 g/mol. The van der Waals surface area contributed by atoms with Gasteiger partial charge in [0.1, 0.15) is 18.9 Å². The van der Waals surface area contributed by atoms with Gasteiger partial charge in [-0.1, -0.05) is 49.7 Å². The summed E-state index contributed by atoms with van der Waals surface area (Å²) in [4.78, 5) is 12.3. The van der Waals surface area contributed by atoms with E-state index in [1.807, 2.05) is 31.2 Å². The summed E-state index contributed by atoms with van der Waals surface area (Å²) >= 11 is 6.10. The van der Waals surface area contributed by atoms with Crippen LogP contribution in [0.5, 0.6) is 5.75 Å². The number of para-hydroxylation sites is 1. The summed E-state index contributed by atoms with van der Waals surface area (Å²) in [6.45, 7) is 6.20. The molecule has 0 bridgehead atoms. The summed E-state index contributed by atoms with van der Waals surface area (Å²) in [6.07, 6.45) is 1.06. The predicted octanol–water partition coefficient (Wildman–Crippen LogP) is 3.73. The van der Waals surface area contributed by atoms with Crippen molar-refractivity contribution in [2.75, 3.05) is 30.3 Å². The van der Waals surface area contributed by atoms with Gasteiger partial charge in [0.15, 0.2) is 0 Å². The van der Waals surface area contributed by atoms with Gasteiger partial charge in [0.05, 0.1) is 18.5 Å². The van der Waals surface area contributed by atoms with E-state index >= 15 is 0 Å².